The second-order valence-electron chi connectivity index (χ2n) is 5.89. The van der Waals surface area contributed by atoms with Crippen LogP contribution >= 0.6 is 11.6 Å². The van der Waals surface area contributed by atoms with Crippen LogP contribution in [0.5, 0.6) is 5.75 Å². The SMILES string of the molecule is CN(C(=O)COC(=O)c1ccc(Cl)cc1O)C1(C#N)CCCCC1. The Labute approximate surface area is 145 Å². The largest absolute Gasteiger partial charge is 0.507 e. The van der Waals surface area contributed by atoms with Crippen molar-refractivity contribution in [1.29, 1.82) is 5.26 Å². The molecule has 0 unspecified atom stereocenters. The van der Waals surface area contributed by atoms with Gasteiger partial charge in [0.05, 0.1) is 6.07 Å². The summed E-state index contributed by atoms with van der Waals surface area (Å²) in [5.74, 6) is -1.57. The molecular weight excluding hydrogens is 332 g/mol. The number of phenols is 1. The molecule has 128 valence electrons. The van der Waals surface area contributed by atoms with E-state index >= 15 is 0 Å². The Hall–Kier alpha value is -2.26. The third kappa shape index (κ3) is 3.80. The molecule has 1 aliphatic carbocycles. The minimum atomic E-state index is -0.829. The van der Waals surface area contributed by atoms with Crippen LogP contribution in [0.2, 0.25) is 5.02 Å². The summed E-state index contributed by atoms with van der Waals surface area (Å²) in [6.07, 6.45) is 4.08. The van der Waals surface area contributed by atoms with Gasteiger partial charge in [0.25, 0.3) is 5.91 Å². The maximum Gasteiger partial charge on any atom is 0.342 e. The van der Waals surface area contributed by atoms with Gasteiger partial charge in [-0.05, 0) is 31.0 Å². The lowest BCUT2D eigenvalue weighted by Gasteiger charge is -2.38. The number of carbonyl (C=O) groups is 2. The molecule has 7 heteroatoms. The highest BCUT2D eigenvalue weighted by atomic mass is 35.5. The molecule has 0 saturated heterocycles. The number of amides is 1. The van der Waals surface area contributed by atoms with E-state index in [4.69, 9.17) is 16.3 Å². The molecule has 0 atom stereocenters. The van der Waals surface area contributed by atoms with Crippen molar-refractivity contribution >= 4 is 23.5 Å². The number of halogens is 1. The molecule has 1 aromatic rings. The number of nitriles is 1. The van der Waals surface area contributed by atoms with E-state index < -0.39 is 24.0 Å². The first-order valence-electron chi connectivity index (χ1n) is 7.73. The number of rotatable bonds is 4. The van der Waals surface area contributed by atoms with Gasteiger partial charge >= 0.3 is 5.97 Å². The molecule has 1 aliphatic rings. The molecule has 0 spiro atoms. The molecule has 1 amide bonds. The second-order valence-corrected chi connectivity index (χ2v) is 6.33. The van der Waals surface area contributed by atoms with Crippen LogP contribution in [0.25, 0.3) is 0 Å². The summed E-state index contributed by atoms with van der Waals surface area (Å²) in [5.41, 5.74) is -0.896. The molecule has 24 heavy (non-hydrogen) atoms. The summed E-state index contributed by atoms with van der Waals surface area (Å²) in [6, 6.07) is 6.23. The Balaban J connectivity index is 1.99. The normalized spacial score (nSPS) is 16.0. The van der Waals surface area contributed by atoms with E-state index in [2.05, 4.69) is 6.07 Å². The third-order valence-electron chi connectivity index (χ3n) is 4.41. The lowest BCUT2D eigenvalue weighted by atomic mass is 9.81. The van der Waals surface area contributed by atoms with E-state index in [0.717, 1.165) is 19.3 Å². The van der Waals surface area contributed by atoms with Gasteiger partial charge in [-0.2, -0.15) is 5.26 Å². The van der Waals surface area contributed by atoms with Crippen LogP contribution in [-0.2, 0) is 9.53 Å². The number of likely N-dealkylation sites (N-methyl/N-ethyl adjacent to an activating group) is 1. The topological polar surface area (TPSA) is 90.6 Å². The van der Waals surface area contributed by atoms with Gasteiger partial charge in [0, 0.05) is 12.1 Å². The molecular formula is C17H19ClN2O4. The summed E-state index contributed by atoms with van der Waals surface area (Å²) >= 11 is 5.70. The first-order valence-corrected chi connectivity index (χ1v) is 8.11. The summed E-state index contributed by atoms with van der Waals surface area (Å²) in [5, 5.41) is 19.5. The van der Waals surface area contributed by atoms with Crippen molar-refractivity contribution in [3.63, 3.8) is 0 Å². The predicted octanol–water partition coefficient (Wildman–Crippen LogP) is 2.89. The zero-order valence-electron chi connectivity index (χ0n) is 13.4. The number of ether oxygens (including phenoxy) is 1. The minimum absolute atomic E-state index is 0.0671. The molecule has 0 aliphatic heterocycles. The van der Waals surface area contributed by atoms with Crippen molar-refractivity contribution in [1.82, 2.24) is 4.90 Å². The van der Waals surface area contributed by atoms with Gasteiger partial charge in [-0.15, -0.1) is 0 Å². The highest BCUT2D eigenvalue weighted by Crippen LogP contribution is 2.32. The van der Waals surface area contributed by atoms with Gasteiger partial charge in [0.2, 0.25) is 0 Å². The molecule has 1 saturated carbocycles. The van der Waals surface area contributed by atoms with Crippen LogP contribution in [0.4, 0.5) is 0 Å². The number of hydrogen-bond donors (Lipinski definition) is 1. The van der Waals surface area contributed by atoms with Crippen molar-refractivity contribution in [3.8, 4) is 11.8 Å². The standard InChI is InChI=1S/C17H19ClN2O4/c1-20(17(11-19)7-3-2-4-8-17)15(22)10-24-16(23)13-6-5-12(18)9-14(13)21/h5-6,9,21H,2-4,7-8,10H2,1H3. The summed E-state index contributed by atoms with van der Waals surface area (Å²) < 4.78 is 4.97. The van der Waals surface area contributed by atoms with Gasteiger partial charge in [-0.3, -0.25) is 4.79 Å². The Morgan fingerprint density at radius 3 is 2.62 bits per heavy atom. The molecule has 1 aromatic carbocycles. The number of hydrogen-bond acceptors (Lipinski definition) is 5. The monoisotopic (exact) mass is 350 g/mol. The maximum atomic E-state index is 12.3. The van der Waals surface area contributed by atoms with E-state index in [9.17, 15) is 20.0 Å². The number of carbonyl (C=O) groups excluding carboxylic acids is 2. The first kappa shape index (κ1) is 18.1. The molecule has 0 radical (unpaired) electrons. The predicted molar refractivity (Wildman–Crippen MR) is 87.6 cm³/mol. The van der Waals surface area contributed by atoms with E-state index in [0.29, 0.717) is 12.8 Å². The number of esters is 1. The van der Waals surface area contributed by atoms with E-state index in [1.54, 1.807) is 7.05 Å². The highest BCUT2D eigenvalue weighted by Gasteiger charge is 2.39. The molecule has 0 aromatic heterocycles. The van der Waals surface area contributed by atoms with Gasteiger partial charge in [-0.1, -0.05) is 30.9 Å². The average molecular weight is 351 g/mol. The van der Waals surface area contributed by atoms with Crippen molar-refractivity contribution in [2.24, 2.45) is 0 Å². The summed E-state index contributed by atoms with van der Waals surface area (Å²) in [4.78, 5) is 25.6. The quantitative estimate of drug-likeness (QED) is 0.843. The average Bonchev–Trinajstić information content (AvgIpc) is 2.59. The molecule has 1 N–H and O–H groups in total. The molecule has 1 fully saturated rings. The van der Waals surface area contributed by atoms with Crippen LogP contribution in [0, 0.1) is 11.3 Å². The fraction of sp³-hybridized carbons (Fsp3) is 0.471. The number of aromatic hydroxyl groups is 1. The molecule has 0 heterocycles. The van der Waals surface area contributed by atoms with Crippen molar-refractivity contribution in [3.05, 3.63) is 28.8 Å². The van der Waals surface area contributed by atoms with Gasteiger partial charge in [-0.25, -0.2) is 4.79 Å². The zero-order valence-corrected chi connectivity index (χ0v) is 14.2. The molecule has 6 nitrogen and oxygen atoms in total. The van der Waals surface area contributed by atoms with E-state index in [1.165, 1.54) is 23.1 Å². The van der Waals surface area contributed by atoms with Gasteiger partial charge in [0.1, 0.15) is 16.9 Å². The molecule has 2 rings (SSSR count). The summed E-state index contributed by atoms with van der Waals surface area (Å²) in [6.45, 7) is -0.485. The Bertz CT molecular complexity index is 678. The first-order chi connectivity index (χ1) is 11.4. The summed E-state index contributed by atoms with van der Waals surface area (Å²) in [7, 11) is 1.56. The van der Waals surface area contributed by atoms with E-state index in [-0.39, 0.29) is 16.3 Å². The Morgan fingerprint density at radius 1 is 1.38 bits per heavy atom. The van der Waals surface area contributed by atoms with Crippen LogP contribution in [-0.4, -0.2) is 41.1 Å². The zero-order chi connectivity index (χ0) is 17.7. The van der Waals surface area contributed by atoms with E-state index in [1.807, 2.05) is 0 Å². The fourth-order valence-corrected chi connectivity index (χ4v) is 3.04. The smallest absolute Gasteiger partial charge is 0.342 e. The Kier molecular flexibility index (Phi) is 5.68. The van der Waals surface area contributed by atoms with Gasteiger partial charge < -0.3 is 14.7 Å². The number of benzene rings is 1. The third-order valence-corrected chi connectivity index (χ3v) is 4.65. The molecule has 0 bridgehead atoms. The fourth-order valence-electron chi connectivity index (χ4n) is 2.88. The van der Waals surface area contributed by atoms with Crippen molar-refractivity contribution in [2.75, 3.05) is 13.7 Å². The lowest BCUT2D eigenvalue weighted by molar-refractivity contribution is -0.138. The van der Waals surface area contributed by atoms with Crippen molar-refractivity contribution < 1.29 is 19.4 Å². The van der Waals surface area contributed by atoms with Crippen LogP contribution in [0.3, 0.4) is 0 Å². The maximum absolute atomic E-state index is 12.3. The number of nitrogens with zero attached hydrogens (tertiary/aromatic N) is 2. The Morgan fingerprint density at radius 2 is 2.04 bits per heavy atom. The highest BCUT2D eigenvalue weighted by molar-refractivity contribution is 6.30. The van der Waals surface area contributed by atoms with Crippen LogP contribution < -0.4 is 0 Å². The van der Waals surface area contributed by atoms with Crippen LogP contribution in [0.15, 0.2) is 18.2 Å². The lowest BCUT2D eigenvalue weighted by Crippen LogP contribution is -2.51. The second kappa shape index (κ2) is 7.54. The minimum Gasteiger partial charge on any atom is -0.507 e. The van der Waals surface area contributed by atoms with Gasteiger partial charge in [0.15, 0.2) is 6.61 Å². The van der Waals surface area contributed by atoms with Crippen LogP contribution in [0.1, 0.15) is 42.5 Å². The van der Waals surface area contributed by atoms with Crippen molar-refractivity contribution in [2.45, 2.75) is 37.6 Å². The number of phenolic OH excluding ortho intramolecular Hbond substituents is 1.